The highest BCUT2D eigenvalue weighted by Gasteiger charge is 2.15. The van der Waals surface area contributed by atoms with Crippen molar-refractivity contribution in [1.29, 1.82) is 0 Å². The Bertz CT molecular complexity index is 969. The summed E-state index contributed by atoms with van der Waals surface area (Å²) in [6.45, 7) is 2.06. The molecule has 7 heteroatoms. The SMILES string of the molecule is COc1ccc(CNC(=O)c2cc(C)n(-c3ccccc3F)n2)cc1OC. The zero-order chi connectivity index (χ0) is 19.4. The molecule has 1 amide bonds. The van der Waals surface area contributed by atoms with Gasteiger partial charge in [0.05, 0.1) is 14.2 Å². The molecule has 1 heterocycles. The van der Waals surface area contributed by atoms with Crippen LogP contribution < -0.4 is 14.8 Å². The van der Waals surface area contributed by atoms with Gasteiger partial charge in [0.2, 0.25) is 0 Å². The number of aryl methyl sites for hydroxylation is 1. The Morgan fingerprint density at radius 1 is 1.11 bits per heavy atom. The van der Waals surface area contributed by atoms with E-state index in [-0.39, 0.29) is 11.6 Å². The number of nitrogens with zero attached hydrogens (tertiary/aromatic N) is 2. The van der Waals surface area contributed by atoms with E-state index in [2.05, 4.69) is 10.4 Å². The molecule has 0 radical (unpaired) electrons. The van der Waals surface area contributed by atoms with Gasteiger partial charge in [-0.2, -0.15) is 5.10 Å². The van der Waals surface area contributed by atoms with E-state index in [1.165, 1.54) is 10.7 Å². The van der Waals surface area contributed by atoms with Gasteiger partial charge in [0.15, 0.2) is 17.2 Å². The Kier molecular flexibility index (Phi) is 5.40. The number of nitrogens with one attached hydrogen (secondary N) is 1. The van der Waals surface area contributed by atoms with Crippen LogP contribution in [0.2, 0.25) is 0 Å². The van der Waals surface area contributed by atoms with E-state index in [0.29, 0.717) is 29.4 Å². The minimum Gasteiger partial charge on any atom is -0.493 e. The van der Waals surface area contributed by atoms with Gasteiger partial charge < -0.3 is 14.8 Å². The van der Waals surface area contributed by atoms with Gasteiger partial charge in [-0.1, -0.05) is 18.2 Å². The molecular formula is C20H20FN3O3. The first-order chi connectivity index (χ1) is 13.0. The van der Waals surface area contributed by atoms with Crippen LogP contribution in [0.25, 0.3) is 5.69 Å². The number of aromatic nitrogens is 2. The van der Waals surface area contributed by atoms with Gasteiger partial charge in [0.25, 0.3) is 5.91 Å². The number of amides is 1. The standard InChI is InChI=1S/C20H20FN3O3/c1-13-10-16(23-24(13)17-7-5-4-6-15(17)21)20(25)22-12-14-8-9-18(26-2)19(11-14)27-3/h4-11H,12H2,1-3H3,(H,22,25). The predicted octanol–water partition coefficient (Wildman–Crippen LogP) is 3.27. The second-order valence-corrected chi connectivity index (χ2v) is 5.91. The van der Waals surface area contributed by atoms with Crippen LogP contribution in [0.5, 0.6) is 11.5 Å². The Morgan fingerprint density at radius 3 is 2.56 bits per heavy atom. The van der Waals surface area contributed by atoms with Crippen LogP contribution in [-0.4, -0.2) is 29.9 Å². The Balaban J connectivity index is 1.74. The molecular weight excluding hydrogens is 349 g/mol. The number of ether oxygens (including phenoxy) is 2. The van der Waals surface area contributed by atoms with Crippen LogP contribution in [0.1, 0.15) is 21.7 Å². The number of halogens is 1. The van der Waals surface area contributed by atoms with Crippen molar-refractivity contribution < 1.29 is 18.7 Å². The van der Waals surface area contributed by atoms with E-state index in [0.717, 1.165) is 5.56 Å². The van der Waals surface area contributed by atoms with Crippen molar-refractivity contribution in [3.63, 3.8) is 0 Å². The maximum atomic E-state index is 14.0. The van der Waals surface area contributed by atoms with E-state index in [4.69, 9.17) is 9.47 Å². The molecule has 6 nitrogen and oxygen atoms in total. The number of hydrogen-bond donors (Lipinski definition) is 1. The molecule has 3 aromatic rings. The Labute approximate surface area is 156 Å². The van der Waals surface area contributed by atoms with E-state index < -0.39 is 5.82 Å². The van der Waals surface area contributed by atoms with E-state index in [1.54, 1.807) is 57.5 Å². The summed E-state index contributed by atoms with van der Waals surface area (Å²) in [5.74, 6) is 0.458. The van der Waals surface area contributed by atoms with E-state index in [9.17, 15) is 9.18 Å². The summed E-state index contributed by atoms with van der Waals surface area (Å²) < 4.78 is 25.9. The van der Waals surface area contributed by atoms with Gasteiger partial charge in [0.1, 0.15) is 11.5 Å². The van der Waals surface area contributed by atoms with Gasteiger partial charge in [-0.25, -0.2) is 9.07 Å². The van der Waals surface area contributed by atoms with Gasteiger partial charge in [-0.15, -0.1) is 0 Å². The lowest BCUT2D eigenvalue weighted by molar-refractivity contribution is 0.0945. The van der Waals surface area contributed by atoms with Crippen molar-refractivity contribution in [2.24, 2.45) is 0 Å². The molecule has 0 atom stereocenters. The molecule has 0 fully saturated rings. The van der Waals surface area contributed by atoms with Gasteiger partial charge in [-0.3, -0.25) is 4.79 Å². The lowest BCUT2D eigenvalue weighted by atomic mass is 10.2. The minimum atomic E-state index is -0.402. The van der Waals surface area contributed by atoms with Crippen LogP contribution in [0.4, 0.5) is 4.39 Å². The molecule has 0 unspecified atom stereocenters. The largest absolute Gasteiger partial charge is 0.493 e. The van der Waals surface area contributed by atoms with Crippen LogP contribution in [-0.2, 0) is 6.54 Å². The Hall–Kier alpha value is -3.35. The highest BCUT2D eigenvalue weighted by molar-refractivity contribution is 5.92. The van der Waals surface area contributed by atoms with Crippen molar-refractivity contribution in [3.8, 4) is 17.2 Å². The first-order valence-corrected chi connectivity index (χ1v) is 8.34. The zero-order valence-corrected chi connectivity index (χ0v) is 15.3. The lowest BCUT2D eigenvalue weighted by Gasteiger charge is -2.10. The first kappa shape index (κ1) is 18.4. The predicted molar refractivity (Wildman–Crippen MR) is 99.0 cm³/mol. The molecule has 27 heavy (non-hydrogen) atoms. The number of methoxy groups -OCH3 is 2. The summed E-state index contributed by atoms with van der Waals surface area (Å²) in [5, 5.41) is 7.04. The third-order valence-electron chi connectivity index (χ3n) is 4.10. The molecule has 0 saturated carbocycles. The van der Waals surface area contributed by atoms with Gasteiger partial charge >= 0.3 is 0 Å². The quantitative estimate of drug-likeness (QED) is 0.724. The van der Waals surface area contributed by atoms with Gasteiger partial charge in [-0.05, 0) is 42.8 Å². The molecule has 0 bridgehead atoms. The number of hydrogen-bond acceptors (Lipinski definition) is 4. The molecule has 140 valence electrons. The van der Waals surface area contributed by atoms with Crippen LogP contribution >= 0.6 is 0 Å². The van der Waals surface area contributed by atoms with E-state index in [1.807, 2.05) is 6.07 Å². The fourth-order valence-electron chi connectivity index (χ4n) is 2.72. The van der Waals surface area contributed by atoms with Crippen molar-refractivity contribution in [2.75, 3.05) is 14.2 Å². The number of para-hydroxylation sites is 1. The monoisotopic (exact) mass is 369 g/mol. The molecule has 1 aromatic heterocycles. The summed E-state index contributed by atoms with van der Waals surface area (Å²) in [4.78, 5) is 12.4. The van der Waals surface area contributed by atoms with Crippen molar-refractivity contribution in [1.82, 2.24) is 15.1 Å². The van der Waals surface area contributed by atoms with Crippen molar-refractivity contribution in [2.45, 2.75) is 13.5 Å². The molecule has 0 spiro atoms. The molecule has 0 aliphatic carbocycles. The number of carbonyl (C=O) groups excluding carboxylic acids is 1. The summed E-state index contributed by atoms with van der Waals surface area (Å²) in [5.41, 5.74) is 2.03. The normalized spacial score (nSPS) is 10.5. The van der Waals surface area contributed by atoms with Gasteiger partial charge in [0, 0.05) is 12.2 Å². The third kappa shape index (κ3) is 3.92. The highest BCUT2D eigenvalue weighted by Crippen LogP contribution is 2.27. The maximum absolute atomic E-state index is 14.0. The average molecular weight is 369 g/mol. The number of benzene rings is 2. The number of carbonyl (C=O) groups is 1. The fourth-order valence-corrected chi connectivity index (χ4v) is 2.72. The number of rotatable bonds is 6. The summed E-state index contributed by atoms with van der Waals surface area (Å²) in [6, 6.07) is 13.3. The first-order valence-electron chi connectivity index (χ1n) is 8.34. The maximum Gasteiger partial charge on any atom is 0.272 e. The van der Waals surface area contributed by atoms with Crippen LogP contribution in [0.15, 0.2) is 48.5 Å². The summed E-state index contributed by atoms with van der Waals surface area (Å²) in [7, 11) is 3.12. The van der Waals surface area contributed by atoms with Crippen molar-refractivity contribution in [3.05, 3.63) is 71.3 Å². The van der Waals surface area contributed by atoms with Crippen molar-refractivity contribution >= 4 is 5.91 Å². The molecule has 2 aromatic carbocycles. The molecule has 0 saturated heterocycles. The molecule has 1 N–H and O–H groups in total. The molecule has 0 aliphatic heterocycles. The van der Waals surface area contributed by atoms with Crippen LogP contribution in [0.3, 0.4) is 0 Å². The lowest BCUT2D eigenvalue weighted by Crippen LogP contribution is -2.23. The summed E-state index contributed by atoms with van der Waals surface area (Å²) in [6.07, 6.45) is 0. The minimum absolute atomic E-state index is 0.219. The molecule has 3 rings (SSSR count). The Morgan fingerprint density at radius 2 is 1.85 bits per heavy atom. The smallest absolute Gasteiger partial charge is 0.272 e. The topological polar surface area (TPSA) is 65.4 Å². The van der Waals surface area contributed by atoms with E-state index >= 15 is 0 Å². The van der Waals surface area contributed by atoms with Crippen LogP contribution in [0, 0.1) is 12.7 Å². The summed E-state index contributed by atoms with van der Waals surface area (Å²) >= 11 is 0. The average Bonchev–Trinajstić information content (AvgIpc) is 3.07. The second kappa shape index (κ2) is 7.90. The zero-order valence-electron chi connectivity index (χ0n) is 15.3. The third-order valence-corrected chi connectivity index (χ3v) is 4.10. The second-order valence-electron chi connectivity index (χ2n) is 5.91. The highest BCUT2D eigenvalue weighted by atomic mass is 19.1. The molecule has 0 aliphatic rings. The fraction of sp³-hybridized carbons (Fsp3) is 0.200.